The largest absolute Gasteiger partial charge is 0.383 e. The van der Waals surface area contributed by atoms with Crippen LogP contribution in [0.3, 0.4) is 0 Å². The third-order valence-electron chi connectivity index (χ3n) is 2.55. The number of nitrogens with one attached hydrogen (secondary N) is 1. The van der Waals surface area contributed by atoms with Crippen LogP contribution in [0, 0.1) is 0 Å². The number of fused-ring (bicyclic) bond motifs is 1. The van der Waals surface area contributed by atoms with Gasteiger partial charge in [-0.3, -0.25) is 0 Å². The third-order valence-corrected chi connectivity index (χ3v) is 3.80. The van der Waals surface area contributed by atoms with Crippen LogP contribution in [0.5, 0.6) is 0 Å². The second-order valence-electron chi connectivity index (χ2n) is 4.40. The monoisotopic (exact) mass is 207 g/mol. The molecule has 0 atom stereocenters. The highest BCUT2D eigenvalue weighted by molar-refractivity contribution is 8.00. The zero-order valence-corrected chi connectivity index (χ0v) is 9.87. The fraction of sp³-hybridized carbons (Fsp3) is 0.500. The van der Waals surface area contributed by atoms with Gasteiger partial charge in [0, 0.05) is 21.9 Å². The first-order valence-electron chi connectivity index (χ1n) is 5.16. The number of thioether (sulfide) groups is 1. The molecule has 0 aromatic heterocycles. The Balaban J connectivity index is 2.34. The van der Waals surface area contributed by atoms with Gasteiger partial charge >= 0.3 is 0 Å². The van der Waals surface area contributed by atoms with Crippen molar-refractivity contribution in [3.05, 3.63) is 23.8 Å². The summed E-state index contributed by atoms with van der Waals surface area (Å²) in [6.07, 6.45) is 1.12. The predicted molar refractivity (Wildman–Crippen MR) is 64.2 cm³/mol. The Bertz CT molecular complexity index is 344. The van der Waals surface area contributed by atoms with E-state index in [0.717, 1.165) is 13.0 Å². The van der Waals surface area contributed by atoms with Crippen molar-refractivity contribution in [3.63, 3.8) is 0 Å². The lowest BCUT2D eigenvalue weighted by Crippen LogP contribution is -2.29. The Labute approximate surface area is 90.3 Å². The molecule has 0 saturated heterocycles. The maximum Gasteiger partial charge on any atom is 0.0479 e. The maximum atomic E-state index is 3.48. The summed E-state index contributed by atoms with van der Waals surface area (Å²) in [4.78, 5) is 1.40. The first kappa shape index (κ1) is 9.91. The summed E-state index contributed by atoms with van der Waals surface area (Å²) in [7, 11) is 0. The maximum absolute atomic E-state index is 3.48. The van der Waals surface area contributed by atoms with E-state index in [0.29, 0.717) is 4.75 Å². The van der Waals surface area contributed by atoms with E-state index < -0.39 is 0 Å². The van der Waals surface area contributed by atoms with Gasteiger partial charge in [-0.2, -0.15) is 0 Å². The second kappa shape index (κ2) is 3.50. The van der Waals surface area contributed by atoms with Gasteiger partial charge in [-0.05, 0) is 38.0 Å². The summed E-state index contributed by atoms with van der Waals surface area (Å²) >= 11 is 1.98. The highest BCUT2D eigenvalue weighted by Crippen LogP contribution is 2.41. The Hall–Kier alpha value is -0.630. The van der Waals surface area contributed by atoms with Gasteiger partial charge in [0.05, 0.1) is 0 Å². The zero-order valence-electron chi connectivity index (χ0n) is 9.05. The molecule has 1 N–H and O–H groups in total. The van der Waals surface area contributed by atoms with Crippen molar-refractivity contribution in [1.29, 1.82) is 0 Å². The van der Waals surface area contributed by atoms with Crippen LogP contribution in [0.25, 0.3) is 0 Å². The summed E-state index contributed by atoms with van der Waals surface area (Å²) in [5.41, 5.74) is 2.72. The van der Waals surface area contributed by atoms with Crippen molar-refractivity contribution in [2.45, 2.75) is 36.8 Å². The molecule has 1 aromatic rings. The van der Waals surface area contributed by atoms with E-state index in [1.54, 1.807) is 0 Å². The normalized spacial score (nSPS) is 18.5. The van der Waals surface area contributed by atoms with Crippen LogP contribution in [-0.2, 0) is 6.42 Å². The average molecular weight is 207 g/mol. The lowest BCUT2D eigenvalue weighted by molar-refractivity contribution is 0.738. The van der Waals surface area contributed by atoms with Crippen LogP contribution >= 0.6 is 11.8 Å². The molecule has 1 aromatic carbocycles. The number of hydrogen-bond donors (Lipinski definition) is 1. The molecule has 2 rings (SSSR count). The highest BCUT2D eigenvalue weighted by Gasteiger charge is 2.25. The molecule has 1 nitrogen and oxygen atoms in total. The van der Waals surface area contributed by atoms with Crippen molar-refractivity contribution < 1.29 is 0 Å². The minimum atomic E-state index is 0.319. The van der Waals surface area contributed by atoms with Crippen molar-refractivity contribution in [3.8, 4) is 0 Å². The van der Waals surface area contributed by atoms with Crippen molar-refractivity contribution >= 4 is 17.4 Å². The van der Waals surface area contributed by atoms with Crippen molar-refractivity contribution in [1.82, 2.24) is 0 Å². The summed E-state index contributed by atoms with van der Waals surface area (Å²) in [6, 6.07) is 6.73. The topological polar surface area (TPSA) is 12.0 Å². The molecular formula is C12H17NS. The third kappa shape index (κ3) is 1.90. The SMILES string of the molecule is CCc1ccc2c(c1)SC(C)(C)CN2. The summed E-state index contributed by atoms with van der Waals surface area (Å²) < 4.78 is 0.319. The Morgan fingerprint density at radius 3 is 2.93 bits per heavy atom. The molecule has 1 heterocycles. The molecule has 1 aliphatic heterocycles. The quantitative estimate of drug-likeness (QED) is 0.756. The van der Waals surface area contributed by atoms with E-state index in [1.165, 1.54) is 16.1 Å². The van der Waals surface area contributed by atoms with Crippen LogP contribution in [0.4, 0.5) is 5.69 Å². The molecule has 0 unspecified atom stereocenters. The van der Waals surface area contributed by atoms with Gasteiger partial charge in [-0.25, -0.2) is 0 Å². The van der Waals surface area contributed by atoms with E-state index in [4.69, 9.17) is 0 Å². The molecule has 0 saturated carbocycles. The molecule has 1 aliphatic rings. The first-order chi connectivity index (χ1) is 6.61. The van der Waals surface area contributed by atoms with Gasteiger partial charge in [0.1, 0.15) is 0 Å². The molecule has 0 aliphatic carbocycles. The second-order valence-corrected chi connectivity index (χ2v) is 6.15. The van der Waals surface area contributed by atoms with E-state index in [-0.39, 0.29) is 0 Å². The smallest absolute Gasteiger partial charge is 0.0479 e. The van der Waals surface area contributed by atoms with Crippen molar-refractivity contribution in [2.24, 2.45) is 0 Å². The molecule has 2 heteroatoms. The Morgan fingerprint density at radius 1 is 1.43 bits per heavy atom. The van der Waals surface area contributed by atoms with Gasteiger partial charge in [0.25, 0.3) is 0 Å². The van der Waals surface area contributed by atoms with E-state index in [1.807, 2.05) is 11.8 Å². The molecule has 14 heavy (non-hydrogen) atoms. The van der Waals surface area contributed by atoms with Gasteiger partial charge in [0.2, 0.25) is 0 Å². The van der Waals surface area contributed by atoms with E-state index in [2.05, 4.69) is 44.3 Å². The standard InChI is InChI=1S/C12H17NS/c1-4-9-5-6-10-11(7-9)14-12(2,3)8-13-10/h5-7,13H,4,8H2,1-3H3. The van der Waals surface area contributed by atoms with Gasteiger partial charge < -0.3 is 5.32 Å². The van der Waals surface area contributed by atoms with Crippen LogP contribution in [0.1, 0.15) is 26.3 Å². The lowest BCUT2D eigenvalue weighted by Gasteiger charge is -2.31. The number of anilines is 1. The van der Waals surface area contributed by atoms with Gasteiger partial charge in [0.15, 0.2) is 0 Å². The first-order valence-corrected chi connectivity index (χ1v) is 5.98. The Morgan fingerprint density at radius 2 is 2.21 bits per heavy atom. The van der Waals surface area contributed by atoms with Gasteiger partial charge in [-0.1, -0.05) is 13.0 Å². The van der Waals surface area contributed by atoms with Crippen molar-refractivity contribution in [2.75, 3.05) is 11.9 Å². The number of rotatable bonds is 1. The molecular weight excluding hydrogens is 190 g/mol. The molecule has 0 bridgehead atoms. The summed E-state index contributed by atoms with van der Waals surface area (Å²) in [6.45, 7) is 7.82. The van der Waals surface area contributed by atoms with Crippen LogP contribution < -0.4 is 5.32 Å². The highest BCUT2D eigenvalue weighted by atomic mass is 32.2. The van der Waals surface area contributed by atoms with Crippen LogP contribution in [0.15, 0.2) is 23.1 Å². The predicted octanol–water partition coefficient (Wildman–Crippen LogP) is 3.55. The van der Waals surface area contributed by atoms with Crippen LogP contribution in [-0.4, -0.2) is 11.3 Å². The molecule has 0 fully saturated rings. The summed E-state index contributed by atoms with van der Waals surface area (Å²) in [5.74, 6) is 0. The zero-order chi connectivity index (χ0) is 10.2. The minimum absolute atomic E-state index is 0.319. The number of aryl methyl sites for hydroxylation is 1. The lowest BCUT2D eigenvalue weighted by atomic mass is 10.1. The molecule has 76 valence electrons. The average Bonchev–Trinajstić information content (AvgIpc) is 2.15. The molecule has 0 amide bonds. The number of hydrogen-bond acceptors (Lipinski definition) is 2. The fourth-order valence-electron chi connectivity index (χ4n) is 1.66. The Kier molecular flexibility index (Phi) is 2.48. The molecule has 0 radical (unpaired) electrons. The van der Waals surface area contributed by atoms with Gasteiger partial charge in [-0.15, -0.1) is 11.8 Å². The van der Waals surface area contributed by atoms with E-state index >= 15 is 0 Å². The number of benzene rings is 1. The summed E-state index contributed by atoms with van der Waals surface area (Å²) in [5, 5.41) is 3.48. The molecule has 0 spiro atoms. The van der Waals surface area contributed by atoms with E-state index in [9.17, 15) is 0 Å². The minimum Gasteiger partial charge on any atom is -0.383 e. The fourth-order valence-corrected chi connectivity index (χ4v) is 2.86. The van der Waals surface area contributed by atoms with Crippen LogP contribution in [0.2, 0.25) is 0 Å².